The Morgan fingerprint density at radius 3 is 0.944 bits per heavy atom. The van der Waals surface area contributed by atoms with Gasteiger partial charge in [0.1, 0.15) is 0 Å². The molecule has 196 valence electrons. The van der Waals surface area contributed by atoms with Crippen LogP contribution in [0.3, 0.4) is 0 Å². The third-order valence-corrected chi connectivity index (χ3v) is 5.00. The van der Waals surface area contributed by atoms with Crippen LogP contribution in [0, 0.1) is 58.2 Å². The molecular weight excluding hydrogens is 522 g/mol. The van der Waals surface area contributed by atoms with Crippen LogP contribution >= 0.6 is 0 Å². The van der Waals surface area contributed by atoms with Crippen LogP contribution in [-0.2, 0) is 9.59 Å². The summed E-state index contributed by atoms with van der Waals surface area (Å²) in [5.74, 6) is -28.2. The zero-order chi connectivity index (χ0) is 26.9. The number of benzene rings is 2. The van der Waals surface area contributed by atoms with Crippen molar-refractivity contribution < 1.29 is 63.0 Å². The zero-order valence-corrected chi connectivity index (χ0v) is 17.5. The van der Waals surface area contributed by atoms with Crippen molar-refractivity contribution in [3.63, 3.8) is 0 Å². The van der Waals surface area contributed by atoms with Crippen LogP contribution in [0.2, 0.25) is 0 Å². The van der Waals surface area contributed by atoms with Crippen molar-refractivity contribution in [2.75, 3.05) is 39.4 Å². The normalized spacial score (nSPS) is 13.7. The first-order valence-electron chi connectivity index (χ1n) is 9.70. The molecule has 0 radical (unpaired) electrons. The van der Waals surface area contributed by atoms with Gasteiger partial charge in [-0.25, -0.2) is 26.3 Å². The fourth-order valence-corrected chi connectivity index (χ4v) is 3.08. The fourth-order valence-electron chi connectivity index (χ4n) is 3.08. The van der Waals surface area contributed by atoms with E-state index in [1.54, 1.807) is 0 Å². The van der Waals surface area contributed by atoms with Gasteiger partial charge in [-0.2, -0.15) is 17.6 Å². The number of hydrogen-bond donors (Lipinski definition) is 0. The van der Waals surface area contributed by atoms with Gasteiger partial charge in [-0.1, -0.05) is 0 Å². The molecule has 1 aliphatic rings. The summed E-state index contributed by atoms with van der Waals surface area (Å²) in [5.41, 5.74) is 0. The second-order valence-electron chi connectivity index (χ2n) is 7.14. The Kier molecular flexibility index (Phi) is 7.83. The average Bonchev–Trinajstić information content (AvgIpc) is 2.88. The number of hydrogen-bond acceptors (Lipinski definition) is 4. The van der Waals surface area contributed by atoms with E-state index in [1.165, 1.54) is 0 Å². The smallest absolute Gasteiger partial charge is 0.260 e. The second-order valence-corrected chi connectivity index (χ2v) is 7.14. The summed E-state index contributed by atoms with van der Waals surface area (Å²) in [4.78, 5) is 26.4. The minimum atomic E-state index is -2.41. The average molecular weight is 534 g/mol. The predicted octanol–water partition coefficient (Wildman–Crippen LogP) is 3.21. The first-order valence-corrected chi connectivity index (χ1v) is 9.70. The Morgan fingerprint density at radius 1 is 0.472 bits per heavy atom. The molecule has 3 rings (SSSR count). The maximum absolute atomic E-state index is 13.6. The molecule has 0 spiro atoms. The quantitative estimate of drug-likeness (QED) is 0.325. The lowest BCUT2D eigenvalue weighted by Crippen LogP contribution is -2.52. The second kappa shape index (κ2) is 10.5. The molecule has 0 saturated carbocycles. The first kappa shape index (κ1) is 26.9. The van der Waals surface area contributed by atoms with Gasteiger partial charge in [-0.05, 0) is 0 Å². The summed E-state index contributed by atoms with van der Waals surface area (Å²) in [6.07, 6.45) is 0. The number of rotatable bonds is 6. The molecule has 1 heterocycles. The first-order chi connectivity index (χ1) is 16.9. The molecule has 1 aliphatic heterocycles. The van der Waals surface area contributed by atoms with E-state index in [9.17, 15) is 53.5 Å². The van der Waals surface area contributed by atoms with Crippen molar-refractivity contribution in [1.29, 1.82) is 0 Å². The molecular formula is C20H12F10N2O4. The molecule has 2 aromatic rings. The molecule has 2 amide bonds. The number of carbonyl (C=O) groups is 2. The third-order valence-electron chi connectivity index (χ3n) is 5.00. The molecule has 0 atom stereocenters. The molecule has 1 saturated heterocycles. The summed E-state index contributed by atoms with van der Waals surface area (Å²) in [6, 6.07) is 0. The Morgan fingerprint density at radius 2 is 0.694 bits per heavy atom. The van der Waals surface area contributed by atoms with Crippen molar-refractivity contribution in [2.45, 2.75) is 0 Å². The van der Waals surface area contributed by atoms with E-state index in [1.807, 2.05) is 0 Å². The highest BCUT2D eigenvalue weighted by molar-refractivity contribution is 5.80. The van der Waals surface area contributed by atoms with Gasteiger partial charge in [-0.3, -0.25) is 9.59 Å². The highest BCUT2D eigenvalue weighted by Crippen LogP contribution is 2.30. The van der Waals surface area contributed by atoms with E-state index in [0.717, 1.165) is 9.80 Å². The number of ether oxygens (including phenoxy) is 2. The summed E-state index contributed by atoms with van der Waals surface area (Å²) in [7, 11) is 0. The molecule has 2 aromatic carbocycles. The van der Waals surface area contributed by atoms with E-state index in [0.29, 0.717) is 0 Å². The topological polar surface area (TPSA) is 59.1 Å². The van der Waals surface area contributed by atoms with Crippen LogP contribution in [-0.4, -0.2) is 61.0 Å². The van der Waals surface area contributed by atoms with Crippen LogP contribution < -0.4 is 9.47 Å². The third kappa shape index (κ3) is 4.97. The lowest BCUT2D eigenvalue weighted by Gasteiger charge is -2.34. The highest BCUT2D eigenvalue weighted by Gasteiger charge is 2.31. The molecule has 36 heavy (non-hydrogen) atoms. The summed E-state index contributed by atoms with van der Waals surface area (Å²) >= 11 is 0. The SMILES string of the molecule is O=C(COc1c(F)c(F)c(F)c(F)c1F)N1CCN(C(=O)COc2c(F)c(F)c(F)c(F)c2F)CC1. The van der Waals surface area contributed by atoms with Crippen molar-refractivity contribution in [3.05, 3.63) is 58.2 Å². The standard InChI is InChI=1S/C20H12F10N2O4/c21-9-11(23)15(27)19(16(28)12(9)24)35-5-7(33)31-1-2-32(4-3-31)8(34)6-36-20-17(29)13(25)10(22)14(26)18(20)30/h1-6H2. The summed E-state index contributed by atoms with van der Waals surface area (Å²) in [5, 5.41) is 0. The number of carbonyl (C=O) groups excluding carboxylic acids is 2. The Bertz CT molecular complexity index is 1070. The minimum absolute atomic E-state index is 0.215. The van der Waals surface area contributed by atoms with E-state index < -0.39 is 94.7 Å². The van der Waals surface area contributed by atoms with Crippen LogP contribution in [0.25, 0.3) is 0 Å². The molecule has 0 bridgehead atoms. The summed E-state index contributed by atoms with van der Waals surface area (Å²) < 4.78 is 142. The monoisotopic (exact) mass is 534 g/mol. The van der Waals surface area contributed by atoms with Gasteiger partial charge in [0.15, 0.2) is 24.7 Å². The van der Waals surface area contributed by atoms with Crippen molar-refractivity contribution in [1.82, 2.24) is 9.80 Å². The van der Waals surface area contributed by atoms with Crippen LogP contribution in [0.15, 0.2) is 0 Å². The number of halogens is 10. The molecule has 0 aromatic heterocycles. The van der Waals surface area contributed by atoms with Crippen LogP contribution in [0.1, 0.15) is 0 Å². The van der Waals surface area contributed by atoms with Gasteiger partial charge in [0.05, 0.1) is 0 Å². The van der Waals surface area contributed by atoms with E-state index in [-0.39, 0.29) is 26.2 Å². The zero-order valence-electron chi connectivity index (χ0n) is 17.5. The number of piperazine rings is 1. The van der Waals surface area contributed by atoms with E-state index in [2.05, 4.69) is 9.47 Å². The molecule has 0 unspecified atom stereocenters. The Balaban J connectivity index is 1.54. The van der Waals surface area contributed by atoms with E-state index in [4.69, 9.17) is 0 Å². The fraction of sp³-hybridized carbons (Fsp3) is 0.300. The maximum Gasteiger partial charge on any atom is 0.260 e. The lowest BCUT2D eigenvalue weighted by atomic mass is 10.2. The Labute approximate surface area is 194 Å². The van der Waals surface area contributed by atoms with Crippen LogP contribution in [0.4, 0.5) is 43.9 Å². The molecule has 6 nitrogen and oxygen atoms in total. The van der Waals surface area contributed by atoms with Gasteiger partial charge >= 0.3 is 0 Å². The largest absolute Gasteiger partial charge is 0.477 e. The van der Waals surface area contributed by atoms with Crippen molar-refractivity contribution in [3.8, 4) is 11.5 Å². The molecule has 0 aliphatic carbocycles. The highest BCUT2D eigenvalue weighted by atomic mass is 19.2. The van der Waals surface area contributed by atoms with Gasteiger partial charge < -0.3 is 19.3 Å². The van der Waals surface area contributed by atoms with Gasteiger partial charge in [-0.15, -0.1) is 0 Å². The van der Waals surface area contributed by atoms with E-state index >= 15 is 0 Å². The van der Waals surface area contributed by atoms with Gasteiger partial charge in [0, 0.05) is 26.2 Å². The predicted molar refractivity (Wildman–Crippen MR) is 96.6 cm³/mol. The minimum Gasteiger partial charge on any atom is -0.477 e. The molecule has 1 fully saturated rings. The molecule has 0 N–H and O–H groups in total. The number of nitrogens with zero attached hydrogens (tertiary/aromatic N) is 2. The van der Waals surface area contributed by atoms with Crippen molar-refractivity contribution in [2.24, 2.45) is 0 Å². The van der Waals surface area contributed by atoms with Gasteiger partial charge in [0.2, 0.25) is 58.2 Å². The summed E-state index contributed by atoms with van der Waals surface area (Å²) in [6.45, 7) is -3.09. The number of amides is 2. The lowest BCUT2D eigenvalue weighted by molar-refractivity contribution is -0.141. The van der Waals surface area contributed by atoms with Gasteiger partial charge in [0.25, 0.3) is 11.8 Å². The Hall–Kier alpha value is -3.72. The maximum atomic E-state index is 13.6. The van der Waals surface area contributed by atoms with Crippen molar-refractivity contribution >= 4 is 11.8 Å². The van der Waals surface area contributed by atoms with Crippen LogP contribution in [0.5, 0.6) is 11.5 Å². The molecule has 16 heteroatoms.